The second-order valence-electron chi connectivity index (χ2n) is 5.72. The van der Waals surface area contributed by atoms with Crippen molar-refractivity contribution < 1.29 is 23.8 Å². The number of ether oxygens (including phenoxy) is 3. The zero-order valence-electron chi connectivity index (χ0n) is 13.6. The summed E-state index contributed by atoms with van der Waals surface area (Å²) in [6.45, 7) is 5.11. The van der Waals surface area contributed by atoms with Crippen molar-refractivity contribution in [3.63, 3.8) is 0 Å². The molecule has 0 heterocycles. The summed E-state index contributed by atoms with van der Waals surface area (Å²) in [5.74, 6) is 0.535. The average molecular weight is 306 g/mol. The first kappa shape index (κ1) is 17.8. The third-order valence-electron chi connectivity index (χ3n) is 3.02. The third-order valence-corrected chi connectivity index (χ3v) is 3.02. The van der Waals surface area contributed by atoms with Gasteiger partial charge in [0.2, 0.25) is 0 Å². The van der Waals surface area contributed by atoms with Gasteiger partial charge in [-0.15, -0.1) is 0 Å². The number of esters is 1. The Labute approximate surface area is 130 Å². The summed E-state index contributed by atoms with van der Waals surface area (Å²) >= 11 is 0. The zero-order valence-corrected chi connectivity index (χ0v) is 13.6. The smallest absolute Gasteiger partial charge is 0.331 e. The fraction of sp³-hybridized carbons (Fsp3) is 0.412. The van der Waals surface area contributed by atoms with Gasteiger partial charge in [0.15, 0.2) is 12.4 Å². The topological polar surface area (TPSA) is 61.8 Å². The van der Waals surface area contributed by atoms with E-state index in [1.807, 2.05) is 0 Å². The van der Waals surface area contributed by atoms with E-state index in [1.165, 1.54) is 13.2 Å². The van der Waals surface area contributed by atoms with Crippen LogP contribution < -0.4 is 9.47 Å². The van der Waals surface area contributed by atoms with E-state index in [0.717, 1.165) is 0 Å². The molecule has 5 heteroatoms. The molecule has 5 nitrogen and oxygen atoms in total. The van der Waals surface area contributed by atoms with Gasteiger partial charge in [0.1, 0.15) is 11.5 Å². The second kappa shape index (κ2) is 7.64. The number of carbonyl (C=O) groups is 2. The van der Waals surface area contributed by atoms with E-state index in [-0.39, 0.29) is 12.4 Å². The highest BCUT2D eigenvalue weighted by Gasteiger charge is 2.21. The predicted octanol–water partition coefficient (Wildman–Crippen LogP) is 2.88. The molecular formula is C17H22O5. The van der Waals surface area contributed by atoms with Crippen LogP contribution in [-0.4, -0.2) is 32.6 Å². The van der Waals surface area contributed by atoms with Crippen molar-refractivity contribution in [1.29, 1.82) is 0 Å². The quantitative estimate of drug-likeness (QED) is 0.597. The first-order valence-corrected chi connectivity index (χ1v) is 6.88. The van der Waals surface area contributed by atoms with Crippen molar-refractivity contribution in [2.24, 2.45) is 5.41 Å². The van der Waals surface area contributed by atoms with Crippen LogP contribution in [-0.2, 0) is 14.3 Å². The van der Waals surface area contributed by atoms with Gasteiger partial charge in [-0.1, -0.05) is 20.8 Å². The molecule has 0 N–H and O–H groups in total. The Morgan fingerprint density at radius 2 is 1.82 bits per heavy atom. The fourth-order valence-corrected chi connectivity index (χ4v) is 1.52. The summed E-state index contributed by atoms with van der Waals surface area (Å²) in [6, 6.07) is 5.24. The molecule has 0 amide bonds. The maximum absolute atomic E-state index is 11.7. The summed E-state index contributed by atoms with van der Waals surface area (Å²) in [5, 5.41) is 0. The monoisotopic (exact) mass is 306 g/mol. The van der Waals surface area contributed by atoms with Crippen LogP contribution in [0.4, 0.5) is 0 Å². The molecule has 0 saturated carbocycles. The van der Waals surface area contributed by atoms with Crippen molar-refractivity contribution in [2.75, 3.05) is 20.8 Å². The number of hydrogen-bond acceptors (Lipinski definition) is 5. The number of hydrogen-bond donors (Lipinski definition) is 0. The molecule has 0 bridgehead atoms. The van der Waals surface area contributed by atoms with Crippen molar-refractivity contribution >= 4 is 17.8 Å². The Morgan fingerprint density at radius 3 is 2.36 bits per heavy atom. The summed E-state index contributed by atoms with van der Waals surface area (Å²) in [6.07, 6.45) is 2.84. The van der Waals surface area contributed by atoms with Gasteiger partial charge in [-0.25, -0.2) is 4.79 Å². The van der Waals surface area contributed by atoms with Crippen LogP contribution in [0.1, 0.15) is 26.3 Å². The molecule has 0 aliphatic carbocycles. The van der Waals surface area contributed by atoms with Crippen LogP contribution in [0.25, 0.3) is 6.08 Å². The number of carbonyl (C=O) groups excluding carboxylic acids is 2. The van der Waals surface area contributed by atoms with Gasteiger partial charge in [-0.2, -0.15) is 0 Å². The lowest BCUT2D eigenvalue weighted by Crippen LogP contribution is -2.25. The van der Waals surface area contributed by atoms with Crippen LogP contribution >= 0.6 is 0 Å². The Morgan fingerprint density at radius 1 is 1.14 bits per heavy atom. The fourth-order valence-electron chi connectivity index (χ4n) is 1.52. The zero-order chi connectivity index (χ0) is 16.8. The normalized spacial score (nSPS) is 11.3. The van der Waals surface area contributed by atoms with Gasteiger partial charge >= 0.3 is 5.97 Å². The van der Waals surface area contributed by atoms with E-state index in [9.17, 15) is 9.59 Å². The number of benzene rings is 1. The van der Waals surface area contributed by atoms with Crippen LogP contribution in [0.15, 0.2) is 24.3 Å². The van der Waals surface area contributed by atoms with E-state index in [0.29, 0.717) is 17.1 Å². The molecule has 0 atom stereocenters. The third kappa shape index (κ3) is 5.24. The van der Waals surface area contributed by atoms with Crippen LogP contribution in [0, 0.1) is 5.41 Å². The lowest BCUT2D eigenvalue weighted by molar-refractivity contribution is -0.145. The highest BCUT2D eigenvalue weighted by atomic mass is 16.5. The second-order valence-corrected chi connectivity index (χ2v) is 5.72. The molecule has 0 aliphatic heterocycles. The van der Waals surface area contributed by atoms with Crippen LogP contribution in [0.3, 0.4) is 0 Å². The standard InChI is InChI=1S/C17H22O5/c1-17(2,3)15(18)11-22-16(19)9-7-12-6-8-13(20-4)10-14(12)21-5/h6-10H,11H2,1-5H3. The van der Waals surface area contributed by atoms with Gasteiger partial charge in [0.25, 0.3) is 0 Å². The minimum Gasteiger partial charge on any atom is -0.497 e. The number of ketones is 1. The molecule has 0 fully saturated rings. The van der Waals surface area contributed by atoms with E-state index in [1.54, 1.807) is 52.2 Å². The van der Waals surface area contributed by atoms with Gasteiger partial charge < -0.3 is 14.2 Å². The maximum Gasteiger partial charge on any atom is 0.331 e. The minimum atomic E-state index is -0.574. The first-order chi connectivity index (χ1) is 10.3. The highest BCUT2D eigenvalue weighted by molar-refractivity contribution is 5.91. The molecule has 1 rings (SSSR count). The van der Waals surface area contributed by atoms with Crippen LogP contribution in [0.2, 0.25) is 0 Å². The van der Waals surface area contributed by atoms with E-state index in [2.05, 4.69) is 0 Å². The minimum absolute atomic E-state index is 0.128. The van der Waals surface area contributed by atoms with Crippen LogP contribution in [0.5, 0.6) is 11.5 Å². The van der Waals surface area contributed by atoms with E-state index in [4.69, 9.17) is 14.2 Å². The van der Waals surface area contributed by atoms with Crippen molar-refractivity contribution in [3.05, 3.63) is 29.8 Å². The predicted molar refractivity (Wildman–Crippen MR) is 84.0 cm³/mol. The molecule has 0 aromatic heterocycles. The van der Waals surface area contributed by atoms with Crippen molar-refractivity contribution in [1.82, 2.24) is 0 Å². The largest absolute Gasteiger partial charge is 0.497 e. The molecule has 120 valence electrons. The Bertz CT molecular complexity index is 567. The molecule has 1 aromatic carbocycles. The molecular weight excluding hydrogens is 284 g/mol. The molecule has 0 radical (unpaired) electrons. The van der Waals surface area contributed by atoms with E-state index < -0.39 is 11.4 Å². The average Bonchev–Trinajstić information content (AvgIpc) is 2.49. The SMILES string of the molecule is COc1ccc(C=CC(=O)OCC(=O)C(C)(C)C)c(OC)c1. The summed E-state index contributed by atoms with van der Waals surface area (Å²) in [5.41, 5.74) is 0.186. The van der Waals surface area contributed by atoms with Crippen molar-refractivity contribution in [3.8, 4) is 11.5 Å². The van der Waals surface area contributed by atoms with Gasteiger partial charge in [-0.05, 0) is 18.2 Å². The Balaban J connectivity index is 2.68. The lowest BCUT2D eigenvalue weighted by atomic mass is 9.91. The maximum atomic E-state index is 11.7. The summed E-state index contributed by atoms with van der Waals surface area (Å²) in [4.78, 5) is 23.3. The number of methoxy groups -OCH3 is 2. The van der Waals surface area contributed by atoms with E-state index >= 15 is 0 Å². The lowest BCUT2D eigenvalue weighted by Gasteiger charge is -2.15. The van der Waals surface area contributed by atoms with Gasteiger partial charge in [0.05, 0.1) is 14.2 Å². The summed E-state index contributed by atoms with van der Waals surface area (Å²) in [7, 11) is 3.10. The highest BCUT2D eigenvalue weighted by Crippen LogP contribution is 2.25. The summed E-state index contributed by atoms with van der Waals surface area (Å²) < 4.78 is 15.3. The molecule has 1 aromatic rings. The number of Topliss-reactive ketones (excluding diaryl/α,β-unsaturated/α-hetero) is 1. The Hall–Kier alpha value is -2.30. The Kier molecular flexibility index (Phi) is 6.16. The van der Waals surface area contributed by atoms with Gasteiger partial charge in [0, 0.05) is 23.1 Å². The number of rotatable bonds is 6. The molecule has 22 heavy (non-hydrogen) atoms. The molecule has 0 spiro atoms. The van der Waals surface area contributed by atoms with Gasteiger partial charge in [-0.3, -0.25) is 4.79 Å². The molecule has 0 aliphatic rings. The first-order valence-electron chi connectivity index (χ1n) is 6.88. The molecule has 0 saturated heterocycles. The van der Waals surface area contributed by atoms with Crippen molar-refractivity contribution in [2.45, 2.75) is 20.8 Å². The molecule has 0 unspecified atom stereocenters.